The zero-order valence-electron chi connectivity index (χ0n) is 15.7. The zero-order valence-corrected chi connectivity index (χ0v) is 15.7. The van der Waals surface area contributed by atoms with E-state index in [2.05, 4.69) is 0 Å². The molecule has 2 aliphatic rings. The summed E-state index contributed by atoms with van der Waals surface area (Å²) in [5.41, 5.74) is -0.277. The molecule has 2 aromatic rings. The summed E-state index contributed by atoms with van der Waals surface area (Å²) in [6, 6.07) is 12.7. The van der Waals surface area contributed by atoms with E-state index in [0.717, 1.165) is 25.7 Å². The number of para-hydroxylation sites is 1. The molecule has 4 rings (SSSR count). The minimum absolute atomic E-state index is 0.00251. The molecular formula is C21H25NO5. The quantitative estimate of drug-likeness (QED) is 0.798. The molecule has 6 nitrogen and oxygen atoms in total. The number of carbonyl (C=O) groups is 1. The first-order valence-electron chi connectivity index (χ1n) is 9.37. The number of hydrogen-bond donors (Lipinski definition) is 0. The number of ether oxygens (including phenoxy) is 3. The highest BCUT2D eigenvalue weighted by Gasteiger charge is 2.53. The van der Waals surface area contributed by atoms with Gasteiger partial charge in [-0.25, -0.2) is 0 Å². The summed E-state index contributed by atoms with van der Waals surface area (Å²) >= 11 is 0. The van der Waals surface area contributed by atoms with Gasteiger partial charge in [-0.15, -0.1) is 0 Å². The van der Waals surface area contributed by atoms with Gasteiger partial charge in [0.1, 0.15) is 5.75 Å². The SMILES string of the molecule is CO[C@@H]1CC[C@@]2(OC)CCN(C(=O)c3ccc(Oc4ccccc4)o3)[C@H]2C1. The Morgan fingerprint density at radius 1 is 1.15 bits per heavy atom. The maximum atomic E-state index is 13.1. The Bertz CT molecular complexity index is 789. The average Bonchev–Trinajstić information content (AvgIpc) is 3.33. The Kier molecular flexibility index (Phi) is 4.93. The van der Waals surface area contributed by atoms with Crippen LogP contribution in [0.15, 0.2) is 46.9 Å². The van der Waals surface area contributed by atoms with Gasteiger partial charge < -0.3 is 23.5 Å². The maximum Gasteiger partial charge on any atom is 0.290 e. The molecule has 0 bridgehead atoms. The predicted octanol–water partition coefficient (Wildman–Crippen LogP) is 3.87. The lowest BCUT2D eigenvalue weighted by Crippen LogP contribution is -2.53. The topological polar surface area (TPSA) is 61.1 Å². The lowest BCUT2D eigenvalue weighted by molar-refractivity contribution is -0.0895. The molecule has 0 unspecified atom stereocenters. The molecule has 1 aliphatic heterocycles. The second kappa shape index (κ2) is 7.37. The molecule has 6 heteroatoms. The van der Waals surface area contributed by atoms with Crippen LogP contribution in [-0.4, -0.2) is 49.3 Å². The average molecular weight is 371 g/mol. The molecule has 2 heterocycles. The van der Waals surface area contributed by atoms with Gasteiger partial charge >= 0.3 is 0 Å². The number of hydrogen-bond acceptors (Lipinski definition) is 5. The Morgan fingerprint density at radius 2 is 1.96 bits per heavy atom. The van der Waals surface area contributed by atoms with Crippen LogP contribution in [0.5, 0.6) is 11.7 Å². The van der Waals surface area contributed by atoms with Crippen LogP contribution in [0.3, 0.4) is 0 Å². The fourth-order valence-corrected chi connectivity index (χ4v) is 4.36. The summed E-state index contributed by atoms with van der Waals surface area (Å²) in [4.78, 5) is 15.0. The number of methoxy groups -OCH3 is 2. The lowest BCUT2D eigenvalue weighted by Gasteiger charge is -2.43. The third kappa shape index (κ3) is 3.35. The number of fused-ring (bicyclic) bond motifs is 1. The fourth-order valence-electron chi connectivity index (χ4n) is 4.36. The van der Waals surface area contributed by atoms with E-state index in [4.69, 9.17) is 18.6 Å². The summed E-state index contributed by atoms with van der Waals surface area (Å²) in [6.07, 6.45) is 3.63. The van der Waals surface area contributed by atoms with E-state index < -0.39 is 0 Å². The highest BCUT2D eigenvalue weighted by molar-refractivity contribution is 5.92. The minimum atomic E-state index is -0.277. The van der Waals surface area contributed by atoms with Crippen molar-refractivity contribution in [3.05, 3.63) is 48.2 Å². The molecule has 1 aromatic carbocycles. The van der Waals surface area contributed by atoms with Crippen molar-refractivity contribution in [1.82, 2.24) is 4.90 Å². The molecule has 0 N–H and O–H groups in total. The van der Waals surface area contributed by atoms with Crippen LogP contribution < -0.4 is 4.74 Å². The molecule has 144 valence electrons. The van der Waals surface area contributed by atoms with Crippen molar-refractivity contribution in [3.8, 4) is 11.7 Å². The molecule has 2 fully saturated rings. The lowest BCUT2D eigenvalue weighted by atomic mass is 9.79. The van der Waals surface area contributed by atoms with E-state index in [1.54, 1.807) is 26.4 Å². The van der Waals surface area contributed by atoms with Crippen LogP contribution in [0.2, 0.25) is 0 Å². The number of likely N-dealkylation sites (tertiary alicyclic amines) is 1. The van der Waals surface area contributed by atoms with Crippen molar-refractivity contribution in [3.63, 3.8) is 0 Å². The Hall–Kier alpha value is -2.31. The number of amides is 1. The van der Waals surface area contributed by atoms with Gasteiger partial charge in [-0.1, -0.05) is 18.2 Å². The van der Waals surface area contributed by atoms with Crippen molar-refractivity contribution in [2.75, 3.05) is 20.8 Å². The third-order valence-corrected chi connectivity index (χ3v) is 5.89. The van der Waals surface area contributed by atoms with Gasteiger partial charge in [-0.05, 0) is 43.9 Å². The normalized spacial score (nSPS) is 27.4. The number of carbonyl (C=O) groups excluding carboxylic acids is 1. The molecule has 1 aliphatic carbocycles. The van der Waals surface area contributed by atoms with Gasteiger partial charge in [0.2, 0.25) is 0 Å². The molecular weight excluding hydrogens is 346 g/mol. The van der Waals surface area contributed by atoms with Crippen LogP contribution in [-0.2, 0) is 9.47 Å². The molecule has 3 atom stereocenters. The zero-order chi connectivity index (χ0) is 18.9. The smallest absolute Gasteiger partial charge is 0.290 e. The number of rotatable bonds is 5. The summed E-state index contributed by atoms with van der Waals surface area (Å²) in [7, 11) is 3.47. The van der Waals surface area contributed by atoms with Crippen LogP contribution in [0.4, 0.5) is 0 Å². The van der Waals surface area contributed by atoms with E-state index >= 15 is 0 Å². The van der Waals surface area contributed by atoms with E-state index in [9.17, 15) is 4.79 Å². The first-order valence-corrected chi connectivity index (χ1v) is 9.37. The van der Waals surface area contributed by atoms with Gasteiger partial charge in [0, 0.05) is 26.8 Å². The van der Waals surface area contributed by atoms with Crippen LogP contribution >= 0.6 is 0 Å². The van der Waals surface area contributed by atoms with Gasteiger partial charge in [0.25, 0.3) is 11.9 Å². The third-order valence-electron chi connectivity index (χ3n) is 5.89. The molecule has 1 amide bonds. The second-order valence-electron chi connectivity index (χ2n) is 7.20. The summed E-state index contributed by atoms with van der Waals surface area (Å²) in [5, 5.41) is 0. The molecule has 0 radical (unpaired) electrons. The van der Waals surface area contributed by atoms with Crippen molar-refractivity contribution < 1.29 is 23.4 Å². The summed E-state index contributed by atoms with van der Waals surface area (Å²) in [6.45, 7) is 0.656. The van der Waals surface area contributed by atoms with Gasteiger partial charge in [-0.2, -0.15) is 0 Å². The van der Waals surface area contributed by atoms with Crippen molar-refractivity contribution in [2.24, 2.45) is 0 Å². The minimum Gasteiger partial charge on any atom is -0.426 e. The van der Waals surface area contributed by atoms with Gasteiger partial charge in [0.15, 0.2) is 5.76 Å². The first kappa shape index (κ1) is 18.1. The first-order chi connectivity index (χ1) is 13.1. The van der Waals surface area contributed by atoms with E-state index in [1.165, 1.54) is 0 Å². The number of nitrogens with zero attached hydrogens (tertiary/aromatic N) is 1. The molecule has 27 heavy (non-hydrogen) atoms. The highest BCUT2D eigenvalue weighted by atomic mass is 16.6. The Labute approximate surface area is 159 Å². The van der Waals surface area contributed by atoms with Gasteiger partial charge in [-0.3, -0.25) is 4.79 Å². The van der Waals surface area contributed by atoms with Crippen LogP contribution in [0, 0.1) is 0 Å². The summed E-state index contributed by atoms with van der Waals surface area (Å²) < 4.78 is 22.8. The van der Waals surface area contributed by atoms with Crippen molar-refractivity contribution in [1.29, 1.82) is 0 Å². The standard InChI is InChI=1S/C21H25NO5/c1-24-16-10-11-21(25-2)12-13-22(18(21)14-16)20(23)17-8-9-19(27-17)26-15-6-4-3-5-7-15/h3-9,16,18H,10-14H2,1-2H3/t16-,18+,21-/m1/s1. The Balaban J connectivity index is 1.51. The fraction of sp³-hybridized carbons (Fsp3) is 0.476. The van der Waals surface area contributed by atoms with Crippen LogP contribution in [0.25, 0.3) is 0 Å². The molecule has 1 saturated carbocycles. The second-order valence-corrected chi connectivity index (χ2v) is 7.20. The molecule has 1 aromatic heterocycles. The summed E-state index contributed by atoms with van der Waals surface area (Å²) in [5.74, 6) is 1.13. The highest BCUT2D eigenvalue weighted by Crippen LogP contribution is 2.43. The van der Waals surface area contributed by atoms with Gasteiger partial charge in [0.05, 0.1) is 17.7 Å². The Morgan fingerprint density at radius 3 is 2.70 bits per heavy atom. The number of benzene rings is 1. The largest absolute Gasteiger partial charge is 0.426 e. The van der Waals surface area contributed by atoms with E-state index in [-0.39, 0.29) is 29.4 Å². The van der Waals surface area contributed by atoms with E-state index in [0.29, 0.717) is 18.2 Å². The molecule has 0 spiro atoms. The maximum absolute atomic E-state index is 13.1. The predicted molar refractivity (Wildman–Crippen MR) is 99.1 cm³/mol. The van der Waals surface area contributed by atoms with E-state index in [1.807, 2.05) is 35.2 Å². The monoisotopic (exact) mass is 371 g/mol. The number of furan rings is 1. The molecule has 1 saturated heterocycles. The van der Waals surface area contributed by atoms with Crippen molar-refractivity contribution >= 4 is 5.91 Å². The van der Waals surface area contributed by atoms with Crippen molar-refractivity contribution in [2.45, 2.75) is 43.4 Å². The van der Waals surface area contributed by atoms with Crippen LogP contribution in [0.1, 0.15) is 36.2 Å².